The van der Waals surface area contributed by atoms with Crippen molar-refractivity contribution >= 4 is 17.9 Å². The number of imide groups is 1. The van der Waals surface area contributed by atoms with Crippen molar-refractivity contribution in [3.05, 3.63) is 22.5 Å². The van der Waals surface area contributed by atoms with Gasteiger partial charge in [-0.05, 0) is 33.3 Å². The molecule has 4 N–H and O–H groups in total. The molecule has 0 radical (unpaired) electrons. The molecule has 0 bridgehead atoms. The van der Waals surface area contributed by atoms with E-state index in [1.165, 1.54) is 14.0 Å². The van der Waals surface area contributed by atoms with Crippen molar-refractivity contribution in [2.24, 2.45) is 0 Å². The summed E-state index contributed by atoms with van der Waals surface area (Å²) < 4.78 is 5.03. The lowest BCUT2D eigenvalue weighted by molar-refractivity contribution is -0.127. The predicted octanol–water partition coefficient (Wildman–Crippen LogP) is 0.686. The van der Waals surface area contributed by atoms with E-state index in [0.717, 1.165) is 0 Å². The molecule has 0 aliphatic rings. The summed E-state index contributed by atoms with van der Waals surface area (Å²) in [6, 6.07) is -0.684. The van der Waals surface area contributed by atoms with E-state index in [4.69, 9.17) is 4.74 Å². The smallest absolute Gasteiger partial charge is 0.355 e. The molecular formula is C14H21N3O5. The van der Waals surface area contributed by atoms with E-state index in [1.807, 2.05) is 5.32 Å². The molecule has 0 spiro atoms. The number of nitrogens with one attached hydrogen (secondary N) is 3. The van der Waals surface area contributed by atoms with Crippen LogP contribution in [0.3, 0.4) is 0 Å². The zero-order valence-corrected chi connectivity index (χ0v) is 13.2. The van der Waals surface area contributed by atoms with E-state index < -0.39 is 30.1 Å². The molecule has 8 nitrogen and oxygen atoms in total. The van der Waals surface area contributed by atoms with Gasteiger partial charge in [0.05, 0.1) is 6.10 Å². The summed E-state index contributed by atoms with van der Waals surface area (Å²) >= 11 is 0. The van der Waals surface area contributed by atoms with Gasteiger partial charge in [0, 0.05) is 18.3 Å². The number of hydrogen-bond acceptors (Lipinski definition) is 5. The highest BCUT2D eigenvalue weighted by molar-refractivity contribution is 5.98. The molecule has 1 rings (SSSR count). The fourth-order valence-electron chi connectivity index (χ4n) is 2.14. The first-order valence-electron chi connectivity index (χ1n) is 6.79. The number of aryl methyl sites for hydroxylation is 1. The first-order valence-corrected chi connectivity index (χ1v) is 6.79. The number of carbonyl (C=O) groups is 3. The molecule has 0 aromatic carbocycles. The van der Waals surface area contributed by atoms with Crippen molar-refractivity contribution < 1.29 is 24.2 Å². The van der Waals surface area contributed by atoms with E-state index in [2.05, 4.69) is 10.3 Å². The number of aromatic nitrogens is 1. The number of amides is 3. The molecule has 1 aromatic rings. The average molecular weight is 311 g/mol. The van der Waals surface area contributed by atoms with Crippen molar-refractivity contribution in [1.29, 1.82) is 0 Å². The summed E-state index contributed by atoms with van der Waals surface area (Å²) in [5, 5.41) is 13.9. The minimum atomic E-state index is -1.14. The third-order valence-corrected chi connectivity index (χ3v) is 3.23. The monoisotopic (exact) mass is 311 g/mol. The van der Waals surface area contributed by atoms with Crippen LogP contribution in [-0.4, -0.2) is 41.1 Å². The number of ether oxygens (including phenoxy) is 1. The molecule has 0 aliphatic heterocycles. The molecule has 8 heteroatoms. The van der Waals surface area contributed by atoms with Gasteiger partial charge in [-0.1, -0.05) is 0 Å². The van der Waals surface area contributed by atoms with E-state index in [-0.39, 0.29) is 5.69 Å². The normalized spacial score (nSPS) is 13.2. The van der Waals surface area contributed by atoms with Gasteiger partial charge in [-0.15, -0.1) is 0 Å². The highest BCUT2D eigenvalue weighted by Crippen LogP contribution is 2.25. The van der Waals surface area contributed by atoms with Crippen molar-refractivity contribution in [2.45, 2.75) is 39.9 Å². The topological polar surface area (TPSA) is 121 Å². The van der Waals surface area contributed by atoms with E-state index in [9.17, 15) is 19.5 Å². The van der Waals surface area contributed by atoms with E-state index in [1.54, 1.807) is 20.8 Å². The third-order valence-electron chi connectivity index (χ3n) is 3.23. The number of aliphatic hydroxyl groups excluding tert-OH is 1. The largest absolute Gasteiger partial charge is 0.448 e. The minimum absolute atomic E-state index is 0.174. The second-order valence-electron chi connectivity index (χ2n) is 4.96. The van der Waals surface area contributed by atoms with E-state index in [0.29, 0.717) is 16.8 Å². The van der Waals surface area contributed by atoms with Crippen molar-refractivity contribution in [1.82, 2.24) is 15.6 Å². The number of carbonyl (C=O) groups excluding carboxylic acids is 3. The Hall–Kier alpha value is -2.35. The van der Waals surface area contributed by atoms with Crippen LogP contribution < -0.4 is 10.6 Å². The molecule has 0 unspecified atom stereocenters. The first-order chi connectivity index (χ1) is 10.2. The number of H-pyrrole nitrogens is 1. The highest BCUT2D eigenvalue weighted by Gasteiger charge is 2.25. The maximum atomic E-state index is 12.1. The number of hydrogen-bond donors (Lipinski definition) is 4. The van der Waals surface area contributed by atoms with Gasteiger partial charge >= 0.3 is 12.0 Å². The Morgan fingerprint density at radius 1 is 1.23 bits per heavy atom. The molecule has 0 fully saturated rings. The summed E-state index contributed by atoms with van der Waals surface area (Å²) in [6.45, 7) is 6.36. The molecule has 0 saturated carbocycles. The lowest BCUT2D eigenvalue weighted by Crippen LogP contribution is -2.43. The zero-order valence-electron chi connectivity index (χ0n) is 13.2. The summed E-state index contributed by atoms with van der Waals surface area (Å²) in [6.07, 6.45) is -1.87. The molecule has 1 aromatic heterocycles. The summed E-state index contributed by atoms with van der Waals surface area (Å²) in [5.41, 5.74) is 2.01. The molecule has 122 valence electrons. The summed E-state index contributed by atoms with van der Waals surface area (Å²) in [7, 11) is 1.36. The van der Waals surface area contributed by atoms with Crippen LogP contribution in [0.1, 0.15) is 47.3 Å². The summed E-state index contributed by atoms with van der Waals surface area (Å²) in [4.78, 5) is 37.6. The van der Waals surface area contributed by atoms with Crippen LogP contribution >= 0.6 is 0 Å². The molecular weight excluding hydrogens is 290 g/mol. The SMILES string of the molecule is CNC(=O)NC(=O)[C@H](C)OC(=O)c1[nH]c(C)c([C@H](C)O)c1C. The van der Waals surface area contributed by atoms with Crippen LogP contribution in [-0.2, 0) is 9.53 Å². The third kappa shape index (κ3) is 3.85. The van der Waals surface area contributed by atoms with Crippen molar-refractivity contribution in [3.63, 3.8) is 0 Å². The quantitative estimate of drug-likeness (QED) is 0.610. The Balaban J connectivity index is 2.84. The fraction of sp³-hybridized carbons (Fsp3) is 0.500. The molecule has 3 amide bonds. The fourth-order valence-corrected chi connectivity index (χ4v) is 2.14. The predicted molar refractivity (Wildman–Crippen MR) is 78.4 cm³/mol. The molecule has 2 atom stereocenters. The Morgan fingerprint density at radius 2 is 1.82 bits per heavy atom. The Labute approximate surface area is 128 Å². The van der Waals surface area contributed by atoms with Crippen LogP contribution in [0.15, 0.2) is 0 Å². The van der Waals surface area contributed by atoms with Gasteiger partial charge in [0.25, 0.3) is 5.91 Å². The average Bonchev–Trinajstić information content (AvgIpc) is 2.73. The maximum Gasteiger partial charge on any atom is 0.355 e. The van der Waals surface area contributed by atoms with Gasteiger partial charge < -0.3 is 20.1 Å². The number of aromatic amines is 1. The molecule has 0 aliphatic carbocycles. The lowest BCUT2D eigenvalue weighted by Gasteiger charge is -2.12. The maximum absolute atomic E-state index is 12.1. The van der Waals surface area contributed by atoms with Gasteiger partial charge in [0.2, 0.25) is 0 Å². The number of rotatable bonds is 4. The van der Waals surface area contributed by atoms with Crippen LogP contribution in [0.5, 0.6) is 0 Å². The van der Waals surface area contributed by atoms with Crippen LogP contribution in [0.25, 0.3) is 0 Å². The first kappa shape index (κ1) is 17.7. The van der Waals surface area contributed by atoms with Crippen molar-refractivity contribution in [3.8, 4) is 0 Å². The molecule has 22 heavy (non-hydrogen) atoms. The highest BCUT2D eigenvalue weighted by atomic mass is 16.5. The van der Waals surface area contributed by atoms with Crippen LogP contribution in [0, 0.1) is 13.8 Å². The number of urea groups is 1. The lowest BCUT2D eigenvalue weighted by atomic mass is 10.1. The van der Waals surface area contributed by atoms with E-state index >= 15 is 0 Å². The van der Waals surface area contributed by atoms with Crippen LogP contribution in [0.2, 0.25) is 0 Å². The van der Waals surface area contributed by atoms with Gasteiger partial charge in [-0.3, -0.25) is 10.1 Å². The zero-order chi connectivity index (χ0) is 17.0. The van der Waals surface area contributed by atoms with Crippen molar-refractivity contribution in [2.75, 3.05) is 7.05 Å². The van der Waals surface area contributed by atoms with Gasteiger partial charge in [0.15, 0.2) is 6.10 Å². The molecule has 0 saturated heterocycles. The van der Waals surface area contributed by atoms with Gasteiger partial charge in [0.1, 0.15) is 5.69 Å². The molecule has 1 heterocycles. The number of aliphatic hydroxyl groups is 1. The van der Waals surface area contributed by atoms with Crippen LogP contribution in [0.4, 0.5) is 4.79 Å². The minimum Gasteiger partial charge on any atom is -0.448 e. The second kappa shape index (κ2) is 7.08. The second-order valence-corrected chi connectivity index (χ2v) is 4.96. The Morgan fingerprint density at radius 3 is 2.27 bits per heavy atom. The Bertz CT molecular complexity index is 592. The van der Waals surface area contributed by atoms with Gasteiger partial charge in [-0.25, -0.2) is 9.59 Å². The Kier molecular flexibility index (Phi) is 5.69. The standard InChI is InChI=1S/C14H21N3O5/c1-6-10(8(3)18)7(2)16-11(6)13(20)22-9(4)12(19)17-14(21)15-5/h8-9,16,18H,1-5H3,(H2,15,17,19,21)/t8-,9-/m0/s1. The number of esters is 1. The summed E-state index contributed by atoms with van der Waals surface area (Å²) in [5.74, 6) is -1.46. The van der Waals surface area contributed by atoms with Gasteiger partial charge in [-0.2, -0.15) is 0 Å².